The molecule has 1 aromatic rings. The molecule has 0 aromatic carbocycles. The molecule has 80 valence electrons. The van der Waals surface area contributed by atoms with Crippen molar-refractivity contribution in [2.24, 2.45) is 7.05 Å². The summed E-state index contributed by atoms with van der Waals surface area (Å²) in [6.45, 7) is 1.77. The molecule has 0 radical (unpaired) electrons. The number of hydrogen-bond donors (Lipinski definition) is 2. The van der Waals surface area contributed by atoms with Crippen molar-refractivity contribution in [3.8, 4) is 0 Å². The lowest BCUT2D eigenvalue weighted by molar-refractivity contribution is 0.582. The zero-order valence-corrected chi connectivity index (χ0v) is 9.00. The third kappa shape index (κ3) is 2.46. The average molecular weight is 218 g/mol. The minimum atomic E-state index is -3.17. The van der Waals surface area contributed by atoms with Gasteiger partial charge in [0.1, 0.15) is 5.82 Å². The van der Waals surface area contributed by atoms with Crippen LogP contribution in [0.15, 0.2) is 6.20 Å². The van der Waals surface area contributed by atoms with Crippen LogP contribution in [-0.4, -0.2) is 24.0 Å². The van der Waals surface area contributed by atoms with Crippen LogP contribution in [0.2, 0.25) is 0 Å². The van der Waals surface area contributed by atoms with Crippen LogP contribution in [0.1, 0.15) is 12.5 Å². The fraction of sp³-hybridized carbons (Fsp3) is 0.571. The van der Waals surface area contributed by atoms with Crippen LogP contribution in [0.4, 0.5) is 5.82 Å². The van der Waals surface area contributed by atoms with Crippen molar-refractivity contribution in [3.05, 3.63) is 11.8 Å². The van der Waals surface area contributed by atoms with E-state index >= 15 is 0 Å². The van der Waals surface area contributed by atoms with Gasteiger partial charge in [-0.1, -0.05) is 0 Å². The maximum Gasteiger partial charge on any atom is 0.211 e. The number of sulfonamides is 1. The molecule has 3 N–H and O–H groups in total. The summed E-state index contributed by atoms with van der Waals surface area (Å²) >= 11 is 0. The summed E-state index contributed by atoms with van der Waals surface area (Å²) in [7, 11) is -1.47. The number of nitrogen functional groups attached to an aromatic ring is 1. The molecule has 0 saturated carbocycles. The van der Waals surface area contributed by atoms with Crippen LogP contribution in [-0.2, 0) is 23.6 Å². The van der Waals surface area contributed by atoms with E-state index in [0.29, 0.717) is 11.4 Å². The van der Waals surface area contributed by atoms with E-state index in [4.69, 9.17) is 5.73 Å². The lowest BCUT2D eigenvalue weighted by atomic mass is 10.3. The first kappa shape index (κ1) is 11.0. The van der Waals surface area contributed by atoms with Crippen molar-refractivity contribution < 1.29 is 8.42 Å². The molecule has 7 heteroatoms. The standard InChI is InChI=1S/C7H14N4O2S/c1-3-14(12,13)10-5-6-4-9-11(2)7(6)8/h4,10H,3,5,8H2,1-2H3. The van der Waals surface area contributed by atoms with E-state index in [1.807, 2.05) is 0 Å². The SMILES string of the molecule is CCS(=O)(=O)NCc1cnn(C)c1N. The van der Waals surface area contributed by atoms with E-state index in [2.05, 4.69) is 9.82 Å². The molecule has 0 fully saturated rings. The minimum absolute atomic E-state index is 0.0627. The topological polar surface area (TPSA) is 90.0 Å². The second-order valence-electron chi connectivity index (χ2n) is 2.90. The van der Waals surface area contributed by atoms with Crippen molar-refractivity contribution in [3.63, 3.8) is 0 Å². The number of aromatic nitrogens is 2. The normalized spacial score (nSPS) is 11.9. The fourth-order valence-corrected chi connectivity index (χ4v) is 1.50. The Balaban J connectivity index is 2.68. The van der Waals surface area contributed by atoms with Gasteiger partial charge in [0.2, 0.25) is 10.0 Å². The molecule has 0 aliphatic carbocycles. The lowest BCUT2D eigenvalue weighted by Gasteiger charge is -2.03. The highest BCUT2D eigenvalue weighted by molar-refractivity contribution is 7.89. The van der Waals surface area contributed by atoms with Crippen molar-refractivity contribution >= 4 is 15.8 Å². The van der Waals surface area contributed by atoms with Crippen molar-refractivity contribution in [1.82, 2.24) is 14.5 Å². The van der Waals surface area contributed by atoms with Crippen LogP contribution >= 0.6 is 0 Å². The molecule has 0 amide bonds. The largest absolute Gasteiger partial charge is 0.384 e. The van der Waals surface area contributed by atoms with Gasteiger partial charge in [0.05, 0.1) is 11.9 Å². The first-order valence-electron chi connectivity index (χ1n) is 4.20. The molecule has 0 atom stereocenters. The van der Waals surface area contributed by atoms with Gasteiger partial charge in [0.15, 0.2) is 0 Å². The predicted octanol–water partition coefficient (Wildman–Crippen LogP) is -0.558. The summed E-state index contributed by atoms with van der Waals surface area (Å²) in [5.41, 5.74) is 6.32. The van der Waals surface area contributed by atoms with Gasteiger partial charge in [0, 0.05) is 19.2 Å². The van der Waals surface area contributed by atoms with E-state index in [1.165, 1.54) is 4.68 Å². The third-order valence-corrected chi connectivity index (χ3v) is 3.27. The van der Waals surface area contributed by atoms with Gasteiger partial charge in [-0.2, -0.15) is 5.10 Å². The highest BCUT2D eigenvalue weighted by Crippen LogP contribution is 2.08. The quantitative estimate of drug-likeness (QED) is 0.709. The zero-order valence-electron chi connectivity index (χ0n) is 8.19. The van der Waals surface area contributed by atoms with Gasteiger partial charge >= 0.3 is 0 Å². The molecule has 0 aliphatic heterocycles. The minimum Gasteiger partial charge on any atom is -0.384 e. The van der Waals surface area contributed by atoms with Gasteiger partial charge in [-0.3, -0.25) is 4.68 Å². The summed E-state index contributed by atoms with van der Waals surface area (Å²) < 4.78 is 26.1. The molecular weight excluding hydrogens is 204 g/mol. The number of nitrogens with two attached hydrogens (primary N) is 1. The number of rotatable bonds is 4. The first-order chi connectivity index (χ1) is 6.46. The first-order valence-corrected chi connectivity index (χ1v) is 5.85. The van der Waals surface area contributed by atoms with Crippen molar-refractivity contribution in [2.75, 3.05) is 11.5 Å². The van der Waals surface area contributed by atoms with E-state index < -0.39 is 10.0 Å². The maximum atomic E-state index is 11.1. The van der Waals surface area contributed by atoms with E-state index in [-0.39, 0.29) is 12.3 Å². The maximum absolute atomic E-state index is 11.1. The highest BCUT2D eigenvalue weighted by Gasteiger charge is 2.09. The van der Waals surface area contributed by atoms with E-state index in [1.54, 1.807) is 20.2 Å². The molecule has 0 unspecified atom stereocenters. The Morgan fingerprint density at radius 1 is 1.64 bits per heavy atom. The molecule has 0 aliphatic rings. The zero-order chi connectivity index (χ0) is 10.8. The summed E-state index contributed by atoms with van der Waals surface area (Å²) in [4.78, 5) is 0. The predicted molar refractivity (Wildman–Crippen MR) is 53.9 cm³/mol. The van der Waals surface area contributed by atoms with Crippen LogP contribution in [0.25, 0.3) is 0 Å². The Hall–Kier alpha value is -1.08. The summed E-state index contributed by atoms with van der Waals surface area (Å²) in [6, 6.07) is 0. The third-order valence-electron chi connectivity index (χ3n) is 1.93. The van der Waals surface area contributed by atoms with Gasteiger partial charge in [0.25, 0.3) is 0 Å². The number of aryl methyl sites for hydroxylation is 1. The summed E-state index contributed by atoms with van der Waals surface area (Å²) in [6.07, 6.45) is 1.55. The van der Waals surface area contributed by atoms with Crippen LogP contribution < -0.4 is 10.5 Å². The highest BCUT2D eigenvalue weighted by atomic mass is 32.2. The Bertz CT molecular complexity index is 409. The number of hydrogen-bond acceptors (Lipinski definition) is 4. The van der Waals surface area contributed by atoms with E-state index in [0.717, 1.165) is 0 Å². The molecule has 6 nitrogen and oxygen atoms in total. The number of nitrogens with one attached hydrogen (secondary N) is 1. The van der Waals surface area contributed by atoms with Gasteiger partial charge in [-0.25, -0.2) is 13.1 Å². The average Bonchev–Trinajstić information content (AvgIpc) is 2.45. The Morgan fingerprint density at radius 3 is 2.71 bits per heavy atom. The van der Waals surface area contributed by atoms with Crippen LogP contribution in [0, 0.1) is 0 Å². The van der Waals surface area contributed by atoms with Crippen molar-refractivity contribution in [2.45, 2.75) is 13.5 Å². The second-order valence-corrected chi connectivity index (χ2v) is 5.00. The smallest absolute Gasteiger partial charge is 0.211 e. The molecular formula is C7H14N4O2S. The molecule has 0 saturated heterocycles. The van der Waals surface area contributed by atoms with Crippen molar-refractivity contribution in [1.29, 1.82) is 0 Å². The molecule has 0 bridgehead atoms. The lowest BCUT2D eigenvalue weighted by Crippen LogP contribution is -2.24. The molecule has 1 rings (SSSR count). The molecule has 14 heavy (non-hydrogen) atoms. The number of anilines is 1. The Morgan fingerprint density at radius 2 is 2.29 bits per heavy atom. The number of nitrogens with zero attached hydrogens (tertiary/aromatic N) is 2. The fourth-order valence-electron chi connectivity index (χ4n) is 0.918. The molecule has 1 aromatic heterocycles. The summed E-state index contributed by atoms with van der Waals surface area (Å²) in [5.74, 6) is 0.538. The van der Waals surface area contributed by atoms with Gasteiger partial charge in [-0.15, -0.1) is 0 Å². The summed E-state index contributed by atoms with van der Waals surface area (Å²) in [5, 5.41) is 3.90. The van der Waals surface area contributed by atoms with Crippen LogP contribution in [0.3, 0.4) is 0 Å². The Kier molecular flexibility index (Phi) is 3.12. The Labute approximate surface area is 83.1 Å². The second kappa shape index (κ2) is 3.97. The van der Waals surface area contributed by atoms with Gasteiger partial charge < -0.3 is 5.73 Å². The van der Waals surface area contributed by atoms with Gasteiger partial charge in [-0.05, 0) is 6.92 Å². The molecule has 0 spiro atoms. The van der Waals surface area contributed by atoms with Crippen LogP contribution in [0.5, 0.6) is 0 Å². The monoisotopic (exact) mass is 218 g/mol. The molecule has 1 heterocycles. The van der Waals surface area contributed by atoms with E-state index in [9.17, 15) is 8.42 Å².